The summed E-state index contributed by atoms with van der Waals surface area (Å²) in [5.41, 5.74) is 7.42. The number of ether oxygens (including phenoxy) is 1. The highest BCUT2D eigenvalue weighted by atomic mass is 16.5. The summed E-state index contributed by atoms with van der Waals surface area (Å²) in [5.74, 6) is 1.69. The lowest BCUT2D eigenvalue weighted by atomic mass is 10.0. The standard InChI is InChI=1S/C26H22O/c1-19-6-5-8-23(18-19)21-10-14-24(15-11-21)27-25-16-12-22(13-17-25)26-9-4-3-7-20(26)2/h3-18H,1-2H3. The molecule has 0 bridgehead atoms. The Bertz CT molecular complexity index is 1040. The first-order valence-corrected chi connectivity index (χ1v) is 9.20. The van der Waals surface area contributed by atoms with Crippen molar-refractivity contribution in [2.75, 3.05) is 0 Å². The zero-order valence-corrected chi connectivity index (χ0v) is 15.6. The van der Waals surface area contributed by atoms with E-state index in [9.17, 15) is 0 Å². The van der Waals surface area contributed by atoms with Gasteiger partial charge in [-0.3, -0.25) is 0 Å². The molecule has 0 aliphatic heterocycles. The Balaban J connectivity index is 1.50. The highest BCUT2D eigenvalue weighted by Crippen LogP contribution is 2.29. The molecule has 0 heterocycles. The summed E-state index contributed by atoms with van der Waals surface area (Å²) in [5, 5.41) is 0. The molecule has 0 aliphatic rings. The number of aryl methyl sites for hydroxylation is 2. The Morgan fingerprint density at radius 3 is 1.78 bits per heavy atom. The van der Waals surface area contributed by atoms with Gasteiger partial charge in [0.2, 0.25) is 0 Å². The average Bonchev–Trinajstić information content (AvgIpc) is 2.70. The van der Waals surface area contributed by atoms with Gasteiger partial charge in [-0.2, -0.15) is 0 Å². The highest BCUT2D eigenvalue weighted by Gasteiger charge is 2.03. The van der Waals surface area contributed by atoms with E-state index in [0.29, 0.717) is 0 Å². The van der Waals surface area contributed by atoms with Gasteiger partial charge in [0.15, 0.2) is 0 Å². The van der Waals surface area contributed by atoms with Gasteiger partial charge in [-0.05, 0) is 65.9 Å². The molecule has 0 saturated carbocycles. The van der Waals surface area contributed by atoms with Gasteiger partial charge in [-0.1, -0.05) is 78.4 Å². The van der Waals surface area contributed by atoms with Crippen LogP contribution in [-0.4, -0.2) is 0 Å². The molecule has 0 amide bonds. The maximum atomic E-state index is 6.01. The van der Waals surface area contributed by atoms with E-state index in [1.807, 2.05) is 24.3 Å². The number of hydrogen-bond donors (Lipinski definition) is 0. The molecule has 4 rings (SSSR count). The lowest BCUT2D eigenvalue weighted by Crippen LogP contribution is -1.86. The minimum Gasteiger partial charge on any atom is -0.457 e. The molecule has 132 valence electrons. The molecule has 0 spiro atoms. The van der Waals surface area contributed by atoms with Crippen molar-refractivity contribution >= 4 is 0 Å². The molecule has 0 fully saturated rings. The van der Waals surface area contributed by atoms with Gasteiger partial charge >= 0.3 is 0 Å². The van der Waals surface area contributed by atoms with Crippen LogP contribution in [0.1, 0.15) is 11.1 Å². The van der Waals surface area contributed by atoms with Crippen LogP contribution in [0.4, 0.5) is 0 Å². The molecule has 0 N–H and O–H groups in total. The fourth-order valence-electron chi connectivity index (χ4n) is 3.28. The van der Waals surface area contributed by atoms with Gasteiger partial charge in [0.05, 0.1) is 0 Å². The zero-order valence-electron chi connectivity index (χ0n) is 15.6. The fraction of sp³-hybridized carbons (Fsp3) is 0.0769. The molecule has 1 heteroatoms. The first-order valence-electron chi connectivity index (χ1n) is 9.20. The summed E-state index contributed by atoms with van der Waals surface area (Å²) in [4.78, 5) is 0. The van der Waals surface area contributed by atoms with Crippen LogP contribution in [0.2, 0.25) is 0 Å². The summed E-state index contributed by atoms with van der Waals surface area (Å²) in [6.07, 6.45) is 0. The number of hydrogen-bond acceptors (Lipinski definition) is 1. The zero-order chi connectivity index (χ0) is 18.6. The van der Waals surface area contributed by atoms with E-state index in [-0.39, 0.29) is 0 Å². The number of rotatable bonds is 4. The third-order valence-corrected chi connectivity index (χ3v) is 4.75. The summed E-state index contributed by atoms with van der Waals surface area (Å²) in [6, 6.07) is 33.5. The summed E-state index contributed by atoms with van der Waals surface area (Å²) in [7, 11) is 0. The van der Waals surface area contributed by atoms with E-state index in [4.69, 9.17) is 4.74 Å². The Hall–Kier alpha value is -3.32. The summed E-state index contributed by atoms with van der Waals surface area (Å²) >= 11 is 0. The maximum absolute atomic E-state index is 6.01. The normalized spacial score (nSPS) is 10.6. The van der Waals surface area contributed by atoms with Gasteiger partial charge < -0.3 is 4.74 Å². The van der Waals surface area contributed by atoms with Crippen LogP contribution in [0.25, 0.3) is 22.3 Å². The van der Waals surface area contributed by atoms with E-state index in [1.165, 1.54) is 33.4 Å². The highest BCUT2D eigenvalue weighted by molar-refractivity contribution is 5.68. The number of benzene rings is 4. The topological polar surface area (TPSA) is 9.23 Å². The quantitative estimate of drug-likeness (QED) is 0.372. The molecule has 0 unspecified atom stereocenters. The monoisotopic (exact) mass is 350 g/mol. The predicted octanol–water partition coefficient (Wildman–Crippen LogP) is 7.43. The van der Waals surface area contributed by atoms with Crippen molar-refractivity contribution in [2.45, 2.75) is 13.8 Å². The minimum atomic E-state index is 0.843. The smallest absolute Gasteiger partial charge is 0.127 e. The minimum absolute atomic E-state index is 0.843. The Labute approximate surface area is 160 Å². The molecule has 0 aromatic heterocycles. The lowest BCUT2D eigenvalue weighted by Gasteiger charge is -2.09. The molecule has 0 aliphatic carbocycles. The van der Waals surface area contributed by atoms with Crippen LogP contribution in [0.3, 0.4) is 0 Å². The van der Waals surface area contributed by atoms with Crippen molar-refractivity contribution in [1.29, 1.82) is 0 Å². The lowest BCUT2D eigenvalue weighted by molar-refractivity contribution is 0.483. The molecular formula is C26H22O. The molecule has 0 radical (unpaired) electrons. The van der Waals surface area contributed by atoms with Crippen molar-refractivity contribution in [3.8, 4) is 33.8 Å². The van der Waals surface area contributed by atoms with Crippen molar-refractivity contribution in [3.05, 3.63) is 108 Å². The maximum Gasteiger partial charge on any atom is 0.127 e. The largest absolute Gasteiger partial charge is 0.457 e. The van der Waals surface area contributed by atoms with Crippen LogP contribution in [0.5, 0.6) is 11.5 Å². The third kappa shape index (κ3) is 3.93. The molecular weight excluding hydrogens is 328 g/mol. The van der Waals surface area contributed by atoms with Gasteiger partial charge in [-0.25, -0.2) is 0 Å². The second-order valence-corrected chi connectivity index (χ2v) is 6.84. The summed E-state index contributed by atoms with van der Waals surface area (Å²) in [6.45, 7) is 4.25. The van der Waals surface area contributed by atoms with Crippen LogP contribution in [0, 0.1) is 13.8 Å². The fourth-order valence-corrected chi connectivity index (χ4v) is 3.28. The third-order valence-electron chi connectivity index (χ3n) is 4.75. The molecule has 0 saturated heterocycles. The summed E-state index contributed by atoms with van der Waals surface area (Å²) < 4.78 is 6.01. The van der Waals surface area contributed by atoms with Crippen molar-refractivity contribution in [2.24, 2.45) is 0 Å². The Morgan fingerprint density at radius 2 is 1.15 bits per heavy atom. The first kappa shape index (κ1) is 17.1. The van der Waals surface area contributed by atoms with Crippen LogP contribution >= 0.6 is 0 Å². The van der Waals surface area contributed by atoms with Gasteiger partial charge in [0, 0.05) is 0 Å². The van der Waals surface area contributed by atoms with E-state index in [1.54, 1.807) is 0 Å². The molecule has 1 nitrogen and oxygen atoms in total. The molecule has 27 heavy (non-hydrogen) atoms. The average molecular weight is 350 g/mol. The van der Waals surface area contributed by atoms with Crippen LogP contribution in [0.15, 0.2) is 97.1 Å². The second-order valence-electron chi connectivity index (χ2n) is 6.84. The van der Waals surface area contributed by atoms with Crippen molar-refractivity contribution in [1.82, 2.24) is 0 Å². The van der Waals surface area contributed by atoms with Gasteiger partial charge in [-0.15, -0.1) is 0 Å². The first-order chi connectivity index (χ1) is 13.2. The molecule has 4 aromatic carbocycles. The van der Waals surface area contributed by atoms with Crippen molar-refractivity contribution < 1.29 is 4.74 Å². The molecule has 4 aromatic rings. The van der Waals surface area contributed by atoms with Gasteiger partial charge in [0.1, 0.15) is 11.5 Å². The predicted molar refractivity (Wildman–Crippen MR) is 113 cm³/mol. The molecule has 0 atom stereocenters. The SMILES string of the molecule is Cc1cccc(-c2ccc(Oc3ccc(-c4ccccc4C)cc3)cc2)c1. The van der Waals surface area contributed by atoms with E-state index in [2.05, 4.69) is 86.6 Å². The Kier molecular flexibility index (Phi) is 4.76. The van der Waals surface area contributed by atoms with Crippen LogP contribution < -0.4 is 4.74 Å². The Morgan fingerprint density at radius 1 is 0.519 bits per heavy atom. The van der Waals surface area contributed by atoms with Crippen LogP contribution in [-0.2, 0) is 0 Å². The van der Waals surface area contributed by atoms with E-state index in [0.717, 1.165) is 11.5 Å². The second kappa shape index (κ2) is 7.51. The van der Waals surface area contributed by atoms with E-state index < -0.39 is 0 Å². The van der Waals surface area contributed by atoms with Gasteiger partial charge in [0.25, 0.3) is 0 Å². The van der Waals surface area contributed by atoms with Crippen molar-refractivity contribution in [3.63, 3.8) is 0 Å². The van der Waals surface area contributed by atoms with E-state index >= 15 is 0 Å².